The first-order chi connectivity index (χ1) is 8.24. The van der Waals surface area contributed by atoms with Crippen LogP contribution in [-0.4, -0.2) is 6.04 Å². The molecule has 2 aromatic rings. The molecule has 0 bridgehead atoms. The van der Waals surface area contributed by atoms with Crippen molar-refractivity contribution in [2.45, 2.75) is 25.3 Å². The van der Waals surface area contributed by atoms with E-state index < -0.39 is 0 Å². The Morgan fingerprint density at radius 1 is 1.12 bits per heavy atom. The quantitative estimate of drug-likeness (QED) is 0.887. The van der Waals surface area contributed by atoms with E-state index in [4.69, 9.17) is 5.73 Å². The van der Waals surface area contributed by atoms with Crippen molar-refractivity contribution in [3.63, 3.8) is 0 Å². The van der Waals surface area contributed by atoms with Gasteiger partial charge in [0.25, 0.3) is 0 Å². The lowest BCUT2D eigenvalue weighted by Crippen LogP contribution is -2.23. The summed E-state index contributed by atoms with van der Waals surface area (Å²) in [5, 5.41) is 4.32. The molecule has 0 aliphatic carbocycles. The number of hydrogen-bond acceptors (Lipinski definition) is 2. The van der Waals surface area contributed by atoms with Crippen LogP contribution in [-0.2, 0) is 12.8 Å². The second-order valence-corrected chi connectivity index (χ2v) is 5.96. The third-order valence-electron chi connectivity index (χ3n) is 2.80. The largest absolute Gasteiger partial charge is 0.327 e. The van der Waals surface area contributed by atoms with Gasteiger partial charge in [-0.25, -0.2) is 0 Å². The molecule has 0 fully saturated rings. The first kappa shape index (κ1) is 12.8. The second kappa shape index (κ2) is 6.34. The third kappa shape index (κ3) is 4.26. The Hall–Kier alpha value is -0.640. The Kier molecular flexibility index (Phi) is 4.77. The molecule has 1 heterocycles. The molecule has 0 amide bonds. The van der Waals surface area contributed by atoms with E-state index in [1.165, 1.54) is 11.1 Å². The van der Waals surface area contributed by atoms with Gasteiger partial charge in [0.15, 0.2) is 0 Å². The number of thiophene rings is 1. The summed E-state index contributed by atoms with van der Waals surface area (Å²) in [6.45, 7) is 0. The predicted octanol–water partition coefficient (Wildman–Crippen LogP) is 4.01. The van der Waals surface area contributed by atoms with Gasteiger partial charge >= 0.3 is 0 Å². The van der Waals surface area contributed by atoms with E-state index in [0.29, 0.717) is 0 Å². The Balaban J connectivity index is 1.80. The molecule has 0 aliphatic heterocycles. The number of benzene rings is 1. The zero-order chi connectivity index (χ0) is 12.1. The molecule has 3 heteroatoms. The zero-order valence-corrected chi connectivity index (χ0v) is 12.0. The molecule has 2 N–H and O–H groups in total. The first-order valence-corrected chi connectivity index (χ1v) is 7.49. The molecule has 1 nitrogen and oxygen atoms in total. The molecule has 1 unspecified atom stereocenters. The second-order valence-electron chi connectivity index (χ2n) is 4.26. The van der Waals surface area contributed by atoms with E-state index >= 15 is 0 Å². The summed E-state index contributed by atoms with van der Waals surface area (Å²) in [6.07, 6.45) is 3.09. The third-order valence-corrected chi connectivity index (χ3v) is 4.06. The zero-order valence-electron chi connectivity index (χ0n) is 9.60. The van der Waals surface area contributed by atoms with E-state index in [2.05, 4.69) is 57.0 Å². The standard InChI is InChI=1S/C14H16BrNS/c15-13-4-1-11(2-5-13)9-14(16)6-3-12-7-8-17-10-12/h1-2,4-5,7-8,10,14H,3,6,9,16H2. The number of halogens is 1. The van der Waals surface area contributed by atoms with Crippen molar-refractivity contribution in [1.82, 2.24) is 0 Å². The fourth-order valence-electron chi connectivity index (χ4n) is 1.81. The number of hydrogen-bond donors (Lipinski definition) is 1. The number of rotatable bonds is 5. The van der Waals surface area contributed by atoms with Gasteiger partial charge in [-0.15, -0.1) is 0 Å². The molecule has 1 atom stereocenters. The van der Waals surface area contributed by atoms with Crippen molar-refractivity contribution in [3.8, 4) is 0 Å². The highest BCUT2D eigenvalue weighted by Crippen LogP contribution is 2.14. The minimum absolute atomic E-state index is 0.246. The van der Waals surface area contributed by atoms with Crippen molar-refractivity contribution < 1.29 is 0 Å². The molecule has 0 aliphatic rings. The fraction of sp³-hybridized carbons (Fsp3) is 0.286. The highest BCUT2D eigenvalue weighted by Gasteiger charge is 2.05. The van der Waals surface area contributed by atoms with Gasteiger partial charge in [0.1, 0.15) is 0 Å². The SMILES string of the molecule is NC(CCc1ccsc1)Cc1ccc(Br)cc1. The van der Waals surface area contributed by atoms with Gasteiger partial charge in [0.05, 0.1) is 0 Å². The van der Waals surface area contributed by atoms with Gasteiger partial charge in [0, 0.05) is 10.5 Å². The average molecular weight is 310 g/mol. The van der Waals surface area contributed by atoms with Gasteiger partial charge in [-0.1, -0.05) is 28.1 Å². The number of nitrogens with two attached hydrogens (primary N) is 1. The molecule has 2 rings (SSSR count). The Bertz CT molecular complexity index is 436. The van der Waals surface area contributed by atoms with Crippen molar-refractivity contribution in [2.24, 2.45) is 5.73 Å². The molecule has 1 aromatic carbocycles. The summed E-state index contributed by atoms with van der Waals surface area (Å²) in [4.78, 5) is 0. The predicted molar refractivity (Wildman–Crippen MR) is 78.5 cm³/mol. The molecule has 17 heavy (non-hydrogen) atoms. The van der Waals surface area contributed by atoms with Crippen LogP contribution in [0.3, 0.4) is 0 Å². The normalized spacial score (nSPS) is 12.6. The van der Waals surface area contributed by atoms with Crippen LogP contribution >= 0.6 is 27.3 Å². The smallest absolute Gasteiger partial charge is 0.0175 e. The summed E-state index contributed by atoms with van der Waals surface area (Å²) in [6, 6.07) is 10.8. The summed E-state index contributed by atoms with van der Waals surface area (Å²) in [7, 11) is 0. The minimum atomic E-state index is 0.246. The van der Waals surface area contributed by atoms with Crippen molar-refractivity contribution in [1.29, 1.82) is 0 Å². The molecule has 1 aromatic heterocycles. The maximum atomic E-state index is 6.15. The average Bonchev–Trinajstić information content (AvgIpc) is 2.83. The molecule has 0 saturated heterocycles. The van der Waals surface area contributed by atoms with E-state index in [1.807, 2.05) is 0 Å². The van der Waals surface area contributed by atoms with Crippen molar-refractivity contribution in [2.75, 3.05) is 0 Å². The van der Waals surface area contributed by atoms with Crippen LogP contribution in [0.25, 0.3) is 0 Å². The summed E-state index contributed by atoms with van der Waals surface area (Å²) in [5.74, 6) is 0. The van der Waals surface area contributed by atoms with Gasteiger partial charge in [0.2, 0.25) is 0 Å². The lowest BCUT2D eigenvalue weighted by Gasteiger charge is -2.11. The first-order valence-electron chi connectivity index (χ1n) is 5.75. The Morgan fingerprint density at radius 3 is 2.53 bits per heavy atom. The molecule has 0 saturated carbocycles. The molecular weight excluding hydrogens is 294 g/mol. The topological polar surface area (TPSA) is 26.0 Å². The van der Waals surface area contributed by atoms with E-state index in [-0.39, 0.29) is 6.04 Å². The highest BCUT2D eigenvalue weighted by atomic mass is 79.9. The van der Waals surface area contributed by atoms with Crippen LogP contribution in [0.4, 0.5) is 0 Å². The molecule has 0 spiro atoms. The summed E-state index contributed by atoms with van der Waals surface area (Å²) >= 11 is 5.19. The van der Waals surface area contributed by atoms with Crippen LogP contribution in [0.2, 0.25) is 0 Å². The van der Waals surface area contributed by atoms with Crippen LogP contribution in [0.15, 0.2) is 45.6 Å². The van der Waals surface area contributed by atoms with E-state index in [1.54, 1.807) is 11.3 Å². The fourth-order valence-corrected chi connectivity index (χ4v) is 2.78. The maximum Gasteiger partial charge on any atom is 0.0175 e. The molecule has 90 valence electrons. The maximum absolute atomic E-state index is 6.15. The van der Waals surface area contributed by atoms with Crippen LogP contribution in [0.5, 0.6) is 0 Å². The lowest BCUT2D eigenvalue weighted by molar-refractivity contribution is 0.611. The minimum Gasteiger partial charge on any atom is -0.327 e. The summed E-state index contributed by atoms with van der Waals surface area (Å²) < 4.78 is 1.12. The van der Waals surface area contributed by atoms with Crippen LogP contribution in [0.1, 0.15) is 17.5 Å². The van der Waals surface area contributed by atoms with Gasteiger partial charge < -0.3 is 5.73 Å². The van der Waals surface area contributed by atoms with E-state index in [9.17, 15) is 0 Å². The lowest BCUT2D eigenvalue weighted by atomic mass is 10.0. The van der Waals surface area contributed by atoms with Crippen LogP contribution in [0, 0.1) is 0 Å². The Labute approximate surface area is 115 Å². The molecular formula is C14H16BrNS. The summed E-state index contributed by atoms with van der Waals surface area (Å²) in [5.41, 5.74) is 8.87. The van der Waals surface area contributed by atoms with E-state index in [0.717, 1.165) is 23.7 Å². The van der Waals surface area contributed by atoms with Crippen molar-refractivity contribution >= 4 is 27.3 Å². The Morgan fingerprint density at radius 2 is 1.88 bits per heavy atom. The van der Waals surface area contributed by atoms with Gasteiger partial charge in [-0.3, -0.25) is 0 Å². The number of aryl methyl sites for hydroxylation is 1. The molecule has 0 radical (unpaired) electrons. The van der Waals surface area contributed by atoms with Crippen molar-refractivity contribution in [3.05, 3.63) is 56.7 Å². The highest BCUT2D eigenvalue weighted by molar-refractivity contribution is 9.10. The monoisotopic (exact) mass is 309 g/mol. The van der Waals surface area contributed by atoms with Crippen LogP contribution < -0.4 is 5.73 Å². The van der Waals surface area contributed by atoms with Gasteiger partial charge in [-0.05, 0) is 59.3 Å². The van der Waals surface area contributed by atoms with Gasteiger partial charge in [-0.2, -0.15) is 11.3 Å².